The highest BCUT2D eigenvalue weighted by Crippen LogP contribution is 2.12. The van der Waals surface area contributed by atoms with E-state index in [4.69, 9.17) is 9.11 Å². The van der Waals surface area contributed by atoms with Crippen LogP contribution in [0.3, 0.4) is 0 Å². The van der Waals surface area contributed by atoms with E-state index in [0.29, 0.717) is 4.31 Å². The van der Waals surface area contributed by atoms with Crippen molar-refractivity contribution in [2.24, 2.45) is 0 Å². The molecule has 0 radical (unpaired) electrons. The number of nitrogens with one attached hydrogen (secondary N) is 1. The van der Waals surface area contributed by atoms with Gasteiger partial charge >= 0.3 is 10.3 Å². The molecule has 1 aliphatic rings. The molecule has 1 saturated heterocycles. The van der Waals surface area contributed by atoms with E-state index in [1.165, 1.54) is 0 Å². The van der Waals surface area contributed by atoms with Gasteiger partial charge in [-0.25, -0.2) is 0 Å². The Kier molecular flexibility index (Phi) is 3.13. The molecule has 0 spiro atoms. The molecule has 1 unspecified atom stereocenters. The summed E-state index contributed by atoms with van der Waals surface area (Å²) in [5.74, 6) is 0. The molecular formula is C4H10N2O6S2. The Morgan fingerprint density at radius 1 is 1.21 bits per heavy atom. The van der Waals surface area contributed by atoms with Gasteiger partial charge in [0.25, 0.3) is 10.1 Å². The van der Waals surface area contributed by atoms with Gasteiger partial charge in [-0.2, -0.15) is 21.1 Å². The van der Waals surface area contributed by atoms with E-state index < -0.39 is 25.8 Å². The molecule has 0 aromatic rings. The van der Waals surface area contributed by atoms with Gasteiger partial charge in [0.2, 0.25) is 0 Å². The van der Waals surface area contributed by atoms with E-state index in [1.807, 2.05) is 0 Å². The maximum Gasteiger partial charge on any atom is 0.337 e. The van der Waals surface area contributed by atoms with E-state index in [-0.39, 0.29) is 19.6 Å². The normalized spacial score (nSPS) is 26.3. The Labute approximate surface area is 81.5 Å². The van der Waals surface area contributed by atoms with Crippen LogP contribution < -0.4 is 5.32 Å². The minimum Gasteiger partial charge on any atom is -0.313 e. The molecule has 0 saturated carbocycles. The van der Waals surface area contributed by atoms with Crippen molar-refractivity contribution in [3.63, 3.8) is 0 Å². The minimum absolute atomic E-state index is 0.205. The molecule has 1 fully saturated rings. The molecule has 84 valence electrons. The van der Waals surface area contributed by atoms with Crippen LogP contribution in [0.25, 0.3) is 0 Å². The number of rotatable bonds is 2. The molecule has 8 nitrogen and oxygen atoms in total. The standard InChI is InChI=1S/C4H10N2O6S2/c7-13(8,9)4-3-5-1-2-6(4)14(10,11)12/h4-5H,1-3H2,(H,7,8,9)(H,10,11,12). The third-order valence-electron chi connectivity index (χ3n) is 1.79. The molecule has 0 aromatic carbocycles. The summed E-state index contributed by atoms with van der Waals surface area (Å²) in [6.45, 7) is -0.242. The number of nitrogens with zero attached hydrogens (tertiary/aromatic N) is 1. The molecule has 3 N–H and O–H groups in total. The van der Waals surface area contributed by atoms with Crippen LogP contribution in [0.1, 0.15) is 0 Å². The first-order valence-electron chi connectivity index (χ1n) is 3.64. The highest BCUT2D eigenvalue weighted by atomic mass is 32.2. The Hall–Kier alpha value is -0.260. The third-order valence-corrected chi connectivity index (χ3v) is 4.06. The molecule has 1 aliphatic heterocycles. The highest BCUT2D eigenvalue weighted by molar-refractivity contribution is 7.88. The zero-order chi connectivity index (χ0) is 11.0. The highest BCUT2D eigenvalue weighted by Gasteiger charge is 2.38. The molecule has 1 rings (SSSR count). The Bertz CT molecular complexity index is 360. The molecule has 0 amide bonds. The van der Waals surface area contributed by atoms with Gasteiger partial charge in [-0.3, -0.25) is 9.11 Å². The summed E-state index contributed by atoms with van der Waals surface area (Å²) in [4.78, 5) is 0. The van der Waals surface area contributed by atoms with Gasteiger partial charge < -0.3 is 5.32 Å². The van der Waals surface area contributed by atoms with E-state index in [1.54, 1.807) is 0 Å². The van der Waals surface area contributed by atoms with Crippen molar-refractivity contribution in [2.75, 3.05) is 19.6 Å². The largest absolute Gasteiger partial charge is 0.337 e. The first-order chi connectivity index (χ1) is 6.23. The van der Waals surface area contributed by atoms with Crippen LogP contribution in [0.5, 0.6) is 0 Å². The van der Waals surface area contributed by atoms with Crippen molar-refractivity contribution in [2.45, 2.75) is 5.37 Å². The van der Waals surface area contributed by atoms with Gasteiger partial charge in [-0.1, -0.05) is 0 Å². The van der Waals surface area contributed by atoms with Gasteiger partial charge in [0.1, 0.15) is 0 Å². The molecule has 1 heterocycles. The summed E-state index contributed by atoms with van der Waals surface area (Å²) in [6, 6.07) is 0. The Morgan fingerprint density at radius 3 is 2.14 bits per heavy atom. The van der Waals surface area contributed by atoms with Gasteiger partial charge in [0.15, 0.2) is 5.37 Å². The topological polar surface area (TPSA) is 124 Å². The summed E-state index contributed by atoms with van der Waals surface area (Å²) in [6.07, 6.45) is 0. The molecule has 1 atom stereocenters. The van der Waals surface area contributed by atoms with Crippen molar-refractivity contribution in [3.05, 3.63) is 0 Å². The zero-order valence-corrected chi connectivity index (χ0v) is 8.62. The van der Waals surface area contributed by atoms with Gasteiger partial charge in [0.05, 0.1) is 0 Å². The molecule has 10 heteroatoms. The van der Waals surface area contributed by atoms with Crippen molar-refractivity contribution in [3.8, 4) is 0 Å². The second-order valence-corrected chi connectivity index (χ2v) is 5.70. The SMILES string of the molecule is O=S(=O)(O)C1CNCCN1S(=O)(=O)O. The second kappa shape index (κ2) is 3.72. The Morgan fingerprint density at radius 2 is 1.79 bits per heavy atom. The lowest BCUT2D eigenvalue weighted by Crippen LogP contribution is -2.56. The number of hydrogen-bond donors (Lipinski definition) is 3. The summed E-state index contributed by atoms with van der Waals surface area (Å²) in [5.41, 5.74) is 0. The van der Waals surface area contributed by atoms with Crippen LogP contribution in [-0.2, 0) is 20.4 Å². The average Bonchev–Trinajstić information content (AvgIpc) is 2.01. The van der Waals surface area contributed by atoms with Gasteiger partial charge in [-0.15, -0.1) is 0 Å². The van der Waals surface area contributed by atoms with E-state index in [0.717, 1.165) is 0 Å². The molecule has 14 heavy (non-hydrogen) atoms. The van der Waals surface area contributed by atoms with Crippen molar-refractivity contribution < 1.29 is 25.9 Å². The quantitative estimate of drug-likeness (QED) is 0.477. The fourth-order valence-corrected chi connectivity index (χ4v) is 3.26. The maximum atomic E-state index is 10.7. The first kappa shape index (κ1) is 11.8. The smallest absolute Gasteiger partial charge is 0.313 e. The van der Waals surface area contributed by atoms with Gasteiger partial charge in [0, 0.05) is 19.6 Å². The Balaban J connectivity index is 3.03. The lowest BCUT2D eigenvalue weighted by atomic mass is 10.4. The van der Waals surface area contributed by atoms with Crippen LogP contribution in [-0.4, -0.2) is 55.3 Å². The fourth-order valence-electron chi connectivity index (χ4n) is 1.18. The van der Waals surface area contributed by atoms with Crippen LogP contribution >= 0.6 is 0 Å². The zero-order valence-electron chi connectivity index (χ0n) is 6.99. The van der Waals surface area contributed by atoms with Gasteiger partial charge in [-0.05, 0) is 0 Å². The van der Waals surface area contributed by atoms with Crippen LogP contribution in [0.2, 0.25) is 0 Å². The van der Waals surface area contributed by atoms with Crippen LogP contribution in [0.4, 0.5) is 0 Å². The van der Waals surface area contributed by atoms with E-state index in [2.05, 4.69) is 5.32 Å². The molecule has 0 aromatic heterocycles. The van der Waals surface area contributed by atoms with Crippen molar-refractivity contribution in [1.82, 2.24) is 9.62 Å². The number of hydrogen-bond acceptors (Lipinski definition) is 5. The van der Waals surface area contributed by atoms with Crippen molar-refractivity contribution in [1.29, 1.82) is 0 Å². The number of piperazine rings is 1. The summed E-state index contributed by atoms with van der Waals surface area (Å²) < 4.78 is 60.6. The van der Waals surface area contributed by atoms with Crippen molar-refractivity contribution >= 4 is 20.4 Å². The van der Waals surface area contributed by atoms with Crippen LogP contribution in [0, 0.1) is 0 Å². The minimum atomic E-state index is -4.60. The predicted molar refractivity (Wildman–Crippen MR) is 46.5 cm³/mol. The third kappa shape index (κ3) is 2.62. The lowest BCUT2D eigenvalue weighted by Gasteiger charge is -2.30. The summed E-state index contributed by atoms with van der Waals surface area (Å²) >= 11 is 0. The fraction of sp³-hybridized carbons (Fsp3) is 1.00. The molecule has 0 bridgehead atoms. The summed E-state index contributed by atoms with van der Waals surface area (Å²) in [5, 5.41) is 0.926. The van der Waals surface area contributed by atoms with E-state index >= 15 is 0 Å². The first-order valence-corrected chi connectivity index (χ1v) is 6.54. The van der Waals surface area contributed by atoms with Crippen LogP contribution in [0.15, 0.2) is 0 Å². The lowest BCUT2D eigenvalue weighted by molar-refractivity contribution is 0.278. The maximum absolute atomic E-state index is 10.7. The predicted octanol–water partition coefficient (Wildman–Crippen LogP) is -2.09. The van der Waals surface area contributed by atoms with E-state index in [9.17, 15) is 16.8 Å². The summed E-state index contributed by atoms with van der Waals surface area (Å²) in [7, 11) is -9.14. The second-order valence-electron chi connectivity index (χ2n) is 2.76. The molecular weight excluding hydrogens is 236 g/mol. The monoisotopic (exact) mass is 246 g/mol. The molecule has 0 aliphatic carbocycles. The average molecular weight is 246 g/mol.